The van der Waals surface area contributed by atoms with Crippen molar-refractivity contribution < 1.29 is 0 Å². The van der Waals surface area contributed by atoms with Crippen LogP contribution in [0.4, 0.5) is 0 Å². The van der Waals surface area contributed by atoms with Crippen molar-refractivity contribution in [3.8, 4) is 0 Å². The van der Waals surface area contributed by atoms with E-state index >= 15 is 0 Å². The molecular formula is C13H18. The van der Waals surface area contributed by atoms with Crippen LogP contribution in [0.25, 0.3) is 0 Å². The summed E-state index contributed by atoms with van der Waals surface area (Å²) in [5.74, 6) is 0.620. The number of rotatable bonds is 4. The van der Waals surface area contributed by atoms with Crippen molar-refractivity contribution in [2.75, 3.05) is 0 Å². The van der Waals surface area contributed by atoms with Crippen LogP contribution in [0.15, 0.2) is 48.6 Å². The first-order valence-corrected chi connectivity index (χ1v) is 4.94. The quantitative estimate of drug-likeness (QED) is 0.564. The van der Waals surface area contributed by atoms with E-state index in [1.165, 1.54) is 17.6 Å². The van der Waals surface area contributed by atoms with Crippen molar-refractivity contribution in [2.45, 2.75) is 26.2 Å². The van der Waals surface area contributed by atoms with E-state index in [1.54, 1.807) is 0 Å². The summed E-state index contributed by atoms with van der Waals surface area (Å²) in [5.41, 5.74) is 2.90. The Balaban J connectivity index is 2.76. The SMILES string of the molecule is C=CCC1CC(CC)=CC=C1C=C. The van der Waals surface area contributed by atoms with Gasteiger partial charge in [0.15, 0.2) is 0 Å². The van der Waals surface area contributed by atoms with Crippen molar-refractivity contribution >= 4 is 0 Å². The van der Waals surface area contributed by atoms with E-state index in [2.05, 4.69) is 32.2 Å². The number of hydrogen-bond acceptors (Lipinski definition) is 0. The highest BCUT2D eigenvalue weighted by molar-refractivity contribution is 5.32. The van der Waals surface area contributed by atoms with Gasteiger partial charge in [-0.1, -0.05) is 43.4 Å². The second-order valence-corrected chi connectivity index (χ2v) is 3.47. The van der Waals surface area contributed by atoms with Gasteiger partial charge in [0.1, 0.15) is 0 Å². The van der Waals surface area contributed by atoms with Crippen LogP contribution >= 0.6 is 0 Å². The Kier molecular flexibility index (Phi) is 3.75. The highest BCUT2D eigenvalue weighted by Crippen LogP contribution is 2.29. The molecule has 0 fully saturated rings. The molecule has 1 aliphatic carbocycles. The molecule has 0 nitrogen and oxygen atoms in total. The summed E-state index contributed by atoms with van der Waals surface area (Å²) >= 11 is 0. The van der Waals surface area contributed by atoms with Gasteiger partial charge < -0.3 is 0 Å². The van der Waals surface area contributed by atoms with Crippen LogP contribution in [0.1, 0.15) is 26.2 Å². The summed E-state index contributed by atoms with van der Waals surface area (Å²) < 4.78 is 0. The summed E-state index contributed by atoms with van der Waals surface area (Å²) in [7, 11) is 0. The zero-order chi connectivity index (χ0) is 9.68. The largest absolute Gasteiger partial charge is 0.103 e. The van der Waals surface area contributed by atoms with Gasteiger partial charge in [0, 0.05) is 0 Å². The van der Waals surface area contributed by atoms with Crippen molar-refractivity contribution in [3.63, 3.8) is 0 Å². The van der Waals surface area contributed by atoms with E-state index < -0.39 is 0 Å². The van der Waals surface area contributed by atoms with Gasteiger partial charge in [-0.25, -0.2) is 0 Å². The van der Waals surface area contributed by atoms with Crippen LogP contribution in [0, 0.1) is 5.92 Å². The lowest BCUT2D eigenvalue weighted by molar-refractivity contribution is 0.610. The van der Waals surface area contributed by atoms with Crippen LogP contribution in [0.5, 0.6) is 0 Å². The molecule has 0 bridgehead atoms. The van der Waals surface area contributed by atoms with Gasteiger partial charge in [0.05, 0.1) is 0 Å². The third-order valence-corrected chi connectivity index (χ3v) is 2.63. The summed E-state index contributed by atoms with van der Waals surface area (Å²) in [6.07, 6.45) is 11.8. The van der Waals surface area contributed by atoms with Crippen LogP contribution in [-0.2, 0) is 0 Å². The molecule has 0 saturated heterocycles. The summed E-state index contributed by atoms with van der Waals surface area (Å²) in [5, 5.41) is 0. The fraction of sp³-hybridized carbons (Fsp3) is 0.385. The van der Waals surface area contributed by atoms with Crippen molar-refractivity contribution in [1.82, 2.24) is 0 Å². The topological polar surface area (TPSA) is 0 Å². The van der Waals surface area contributed by atoms with Gasteiger partial charge in [0.25, 0.3) is 0 Å². The molecular weight excluding hydrogens is 156 g/mol. The minimum Gasteiger partial charge on any atom is -0.103 e. The highest BCUT2D eigenvalue weighted by atomic mass is 14.2. The van der Waals surface area contributed by atoms with Crippen molar-refractivity contribution in [1.29, 1.82) is 0 Å². The van der Waals surface area contributed by atoms with E-state index in [0.717, 1.165) is 12.8 Å². The van der Waals surface area contributed by atoms with E-state index in [-0.39, 0.29) is 0 Å². The third-order valence-electron chi connectivity index (χ3n) is 2.63. The minimum atomic E-state index is 0.620. The van der Waals surface area contributed by atoms with E-state index in [9.17, 15) is 0 Å². The Morgan fingerprint density at radius 3 is 2.77 bits per heavy atom. The highest BCUT2D eigenvalue weighted by Gasteiger charge is 2.14. The minimum absolute atomic E-state index is 0.620. The van der Waals surface area contributed by atoms with Crippen LogP contribution in [0.2, 0.25) is 0 Å². The first kappa shape index (κ1) is 10.0. The van der Waals surface area contributed by atoms with Crippen LogP contribution < -0.4 is 0 Å². The molecule has 1 aliphatic rings. The molecule has 0 radical (unpaired) electrons. The van der Waals surface area contributed by atoms with Gasteiger partial charge in [-0.15, -0.1) is 6.58 Å². The molecule has 1 unspecified atom stereocenters. The third kappa shape index (κ3) is 2.45. The molecule has 0 aromatic carbocycles. The maximum absolute atomic E-state index is 3.84. The molecule has 0 aliphatic heterocycles. The Labute approximate surface area is 81.4 Å². The standard InChI is InChI=1S/C13H18/c1-4-7-13-10-11(5-2)8-9-12(13)6-3/h4,6,8-9,13H,1,3,5,7,10H2,2H3. The molecule has 0 saturated carbocycles. The summed E-state index contributed by atoms with van der Waals surface area (Å²) in [4.78, 5) is 0. The molecule has 0 heterocycles. The van der Waals surface area contributed by atoms with Gasteiger partial charge in [-0.2, -0.15) is 0 Å². The Bertz CT molecular complexity index is 253. The lowest BCUT2D eigenvalue weighted by Gasteiger charge is -2.21. The average molecular weight is 174 g/mol. The molecule has 0 aromatic heterocycles. The maximum atomic E-state index is 3.84. The Morgan fingerprint density at radius 2 is 2.23 bits per heavy atom. The molecule has 1 atom stereocenters. The van der Waals surface area contributed by atoms with E-state index in [1.807, 2.05) is 12.2 Å². The average Bonchev–Trinajstić information content (AvgIpc) is 2.18. The number of hydrogen-bond donors (Lipinski definition) is 0. The van der Waals surface area contributed by atoms with Gasteiger partial charge in [-0.05, 0) is 30.8 Å². The first-order valence-electron chi connectivity index (χ1n) is 4.94. The lowest BCUT2D eigenvalue weighted by atomic mass is 9.84. The van der Waals surface area contributed by atoms with Gasteiger partial charge >= 0.3 is 0 Å². The monoisotopic (exact) mass is 174 g/mol. The molecule has 1 rings (SSSR count). The van der Waals surface area contributed by atoms with E-state index in [4.69, 9.17) is 0 Å². The normalized spacial score (nSPS) is 21.8. The second kappa shape index (κ2) is 4.86. The molecule has 0 amide bonds. The Morgan fingerprint density at radius 1 is 1.46 bits per heavy atom. The zero-order valence-corrected chi connectivity index (χ0v) is 8.42. The zero-order valence-electron chi connectivity index (χ0n) is 8.42. The molecule has 70 valence electrons. The summed E-state index contributed by atoms with van der Waals surface area (Å²) in [6.45, 7) is 9.84. The smallest absolute Gasteiger partial charge is 0.00904 e. The number of allylic oxidation sites excluding steroid dienone is 6. The molecule has 0 heteroatoms. The van der Waals surface area contributed by atoms with Crippen LogP contribution in [-0.4, -0.2) is 0 Å². The fourth-order valence-electron chi connectivity index (χ4n) is 1.77. The molecule has 13 heavy (non-hydrogen) atoms. The first-order chi connectivity index (χ1) is 6.31. The van der Waals surface area contributed by atoms with Crippen molar-refractivity contribution in [2.24, 2.45) is 5.92 Å². The molecule has 0 N–H and O–H groups in total. The maximum Gasteiger partial charge on any atom is -0.00904 e. The molecule has 0 aromatic rings. The van der Waals surface area contributed by atoms with Crippen LogP contribution in [0.3, 0.4) is 0 Å². The van der Waals surface area contributed by atoms with Gasteiger partial charge in [0.2, 0.25) is 0 Å². The predicted octanol–water partition coefficient (Wildman–Crippen LogP) is 4.03. The van der Waals surface area contributed by atoms with Crippen molar-refractivity contribution in [3.05, 3.63) is 48.6 Å². The van der Waals surface area contributed by atoms with E-state index in [0.29, 0.717) is 5.92 Å². The lowest BCUT2D eigenvalue weighted by Crippen LogP contribution is -2.06. The predicted molar refractivity (Wildman–Crippen MR) is 59.6 cm³/mol. The van der Waals surface area contributed by atoms with Gasteiger partial charge in [-0.3, -0.25) is 0 Å². The second-order valence-electron chi connectivity index (χ2n) is 3.47. The molecule has 0 spiro atoms. The fourth-order valence-corrected chi connectivity index (χ4v) is 1.77. The summed E-state index contributed by atoms with van der Waals surface area (Å²) in [6, 6.07) is 0. The Hall–Kier alpha value is -1.04.